The average molecular weight is 322 g/mol. The van der Waals surface area contributed by atoms with Crippen LogP contribution in [0.25, 0.3) is 10.9 Å². The Morgan fingerprint density at radius 1 is 1.36 bits per heavy atom. The van der Waals surface area contributed by atoms with Gasteiger partial charge in [-0.3, -0.25) is 4.79 Å². The predicted molar refractivity (Wildman–Crippen MR) is 93.9 cm³/mol. The third-order valence-corrected chi connectivity index (χ3v) is 4.32. The molecule has 0 saturated carbocycles. The maximum absolute atomic E-state index is 12.3. The van der Waals surface area contributed by atoms with E-state index in [9.17, 15) is 4.79 Å². The summed E-state index contributed by atoms with van der Waals surface area (Å²) in [4.78, 5) is 12.3. The quantitative estimate of drug-likeness (QED) is 0.909. The molecular weight excluding hydrogens is 298 g/mol. The Hall–Kier alpha value is -1.52. The first-order valence-corrected chi connectivity index (χ1v) is 7.83. The van der Waals surface area contributed by atoms with Crippen LogP contribution in [0, 0.1) is 6.92 Å². The van der Waals surface area contributed by atoms with E-state index < -0.39 is 0 Å². The minimum atomic E-state index is -0.0450. The van der Waals surface area contributed by atoms with Gasteiger partial charge in [-0.15, -0.1) is 12.4 Å². The second kappa shape index (κ2) is 7.16. The maximum atomic E-state index is 12.3. The zero-order valence-electron chi connectivity index (χ0n) is 13.2. The molecule has 1 aromatic heterocycles. The van der Waals surface area contributed by atoms with Crippen LogP contribution in [0.5, 0.6) is 0 Å². The van der Waals surface area contributed by atoms with Crippen LogP contribution in [0.4, 0.5) is 5.69 Å². The molecule has 22 heavy (non-hydrogen) atoms. The van der Waals surface area contributed by atoms with Gasteiger partial charge in [-0.25, -0.2) is 0 Å². The lowest BCUT2D eigenvalue weighted by atomic mass is 10.0. The molecule has 4 nitrogen and oxygen atoms in total. The number of piperidine rings is 1. The van der Waals surface area contributed by atoms with Gasteiger partial charge in [-0.05, 0) is 57.5 Å². The summed E-state index contributed by atoms with van der Waals surface area (Å²) in [6, 6.07) is 8.28. The molecule has 0 aliphatic carbocycles. The molecule has 0 spiro atoms. The fraction of sp³-hybridized carbons (Fsp3) is 0.471. The van der Waals surface area contributed by atoms with Gasteiger partial charge >= 0.3 is 0 Å². The lowest BCUT2D eigenvalue weighted by Crippen LogP contribution is -2.43. The summed E-state index contributed by atoms with van der Waals surface area (Å²) >= 11 is 0. The fourth-order valence-corrected chi connectivity index (χ4v) is 3.21. The topological polar surface area (TPSA) is 46.1 Å². The van der Waals surface area contributed by atoms with Gasteiger partial charge in [0, 0.05) is 28.8 Å². The summed E-state index contributed by atoms with van der Waals surface area (Å²) in [6.07, 6.45) is 3.22. The van der Waals surface area contributed by atoms with Gasteiger partial charge in [0.25, 0.3) is 0 Å². The molecule has 2 N–H and O–H groups in total. The SMILES string of the molecule is CCn1c(C)cc2cc(NC(=O)[C@@H]3CCCCN3)ccc21.Cl. The van der Waals surface area contributed by atoms with Crippen molar-refractivity contribution in [3.8, 4) is 0 Å². The number of fused-ring (bicyclic) bond motifs is 1. The molecule has 1 fully saturated rings. The number of rotatable bonds is 3. The molecule has 0 bridgehead atoms. The Bertz CT molecular complexity index is 659. The monoisotopic (exact) mass is 321 g/mol. The summed E-state index contributed by atoms with van der Waals surface area (Å²) in [5, 5.41) is 7.51. The van der Waals surface area contributed by atoms with Crippen molar-refractivity contribution >= 4 is 34.9 Å². The Morgan fingerprint density at radius 2 is 2.18 bits per heavy atom. The molecule has 1 aromatic carbocycles. The number of hydrogen-bond acceptors (Lipinski definition) is 2. The van der Waals surface area contributed by atoms with Crippen LogP contribution in [-0.4, -0.2) is 23.1 Å². The molecule has 1 aliphatic rings. The lowest BCUT2D eigenvalue weighted by molar-refractivity contribution is -0.118. The number of benzene rings is 1. The van der Waals surface area contributed by atoms with Crippen LogP contribution in [-0.2, 0) is 11.3 Å². The van der Waals surface area contributed by atoms with Crippen LogP contribution in [0.15, 0.2) is 24.3 Å². The zero-order valence-corrected chi connectivity index (χ0v) is 14.0. The smallest absolute Gasteiger partial charge is 0.241 e. The van der Waals surface area contributed by atoms with E-state index in [1.165, 1.54) is 23.0 Å². The number of carbonyl (C=O) groups is 1. The molecule has 0 radical (unpaired) electrons. The fourth-order valence-electron chi connectivity index (χ4n) is 3.21. The van der Waals surface area contributed by atoms with E-state index in [2.05, 4.69) is 47.2 Å². The standard InChI is InChI=1S/C17H23N3O.ClH/c1-3-20-12(2)10-13-11-14(7-8-16(13)20)19-17(21)15-6-4-5-9-18-15;/h7-8,10-11,15,18H,3-6,9H2,1-2H3,(H,19,21);1H/t15-;/m0./s1. The number of aryl methyl sites for hydroxylation is 2. The second-order valence-corrected chi connectivity index (χ2v) is 5.80. The first kappa shape index (κ1) is 16.8. The van der Waals surface area contributed by atoms with E-state index in [0.29, 0.717) is 0 Å². The van der Waals surface area contributed by atoms with Crippen molar-refractivity contribution in [3.63, 3.8) is 0 Å². The van der Waals surface area contributed by atoms with E-state index in [4.69, 9.17) is 0 Å². The number of nitrogens with zero attached hydrogens (tertiary/aromatic N) is 1. The highest BCUT2D eigenvalue weighted by Crippen LogP contribution is 2.23. The Balaban J connectivity index is 0.00000176. The van der Waals surface area contributed by atoms with Crippen molar-refractivity contribution in [2.24, 2.45) is 0 Å². The normalized spacial score (nSPS) is 18.0. The van der Waals surface area contributed by atoms with E-state index >= 15 is 0 Å². The average Bonchev–Trinajstić information content (AvgIpc) is 2.82. The van der Waals surface area contributed by atoms with Crippen molar-refractivity contribution in [1.29, 1.82) is 0 Å². The summed E-state index contributed by atoms with van der Waals surface area (Å²) in [6.45, 7) is 6.17. The van der Waals surface area contributed by atoms with Gasteiger partial charge in [0.05, 0.1) is 6.04 Å². The highest BCUT2D eigenvalue weighted by Gasteiger charge is 2.20. The first-order chi connectivity index (χ1) is 10.2. The Kier molecular flexibility index (Phi) is 5.48. The van der Waals surface area contributed by atoms with Crippen LogP contribution in [0.1, 0.15) is 31.9 Å². The molecule has 120 valence electrons. The molecule has 0 unspecified atom stereocenters. The molecule has 1 aliphatic heterocycles. The predicted octanol–water partition coefficient (Wildman–Crippen LogP) is 3.47. The maximum Gasteiger partial charge on any atom is 0.241 e. The minimum absolute atomic E-state index is 0. The summed E-state index contributed by atoms with van der Waals surface area (Å²) < 4.78 is 2.28. The van der Waals surface area contributed by atoms with Crippen molar-refractivity contribution in [2.75, 3.05) is 11.9 Å². The van der Waals surface area contributed by atoms with Crippen molar-refractivity contribution in [1.82, 2.24) is 9.88 Å². The summed E-state index contributed by atoms with van der Waals surface area (Å²) in [5.41, 5.74) is 3.36. The van der Waals surface area contributed by atoms with Crippen LogP contribution in [0.3, 0.4) is 0 Å². The van der Waals surface area contributed by atoms with Gasteiger partial charge in [0.15, 0.2) is 0 Å². The first-order valence-electron chi connectivity index (χ1n) is 7.83. The third-order valence-electron chi connectivity index (χ3n) is 4.32. The summed E-state index contributed by atoms with van der Waals surface area (Å²) in [7, 11) is 0. The van der Waals surface area contributed by atoms with Crippen LogP contribution < -0.4 is 10.6 Å². The number of halogens is 1. The van der Waals surface area contributed by atoms with E-state index in [1.807, 2.05) is 6.07 Å². The van der Waals surface area contributed by atoms with Crippen molar-refractivity contribution < 1.29 is 4.79 Å². The number of hydrogen-bond donors (Lipinski definition) is 2. The highest BCUT2D eigenvalue weighted by molar-refractivity contribution is 5.97. The van der Waals surface area contributed by atoms with Crippen LogP contribution in [0.2, 0.25) is 0 Å². The molecule has 1 amide bonds. The minimum Gasteiger partial charge on any atom is -0.345 e. The lowest BCUT2D eigenvalue weighted by Gasteiger charge is -2.22. The Morgan fingerprint density at radius 3 is 2.86 bits per heavy atom. The van der Waals surface area contributed by atoms with E-state index in [0.717, 1.165) is 31.6 Å². The van der Waals surface area contributed by atoms with Gasteiger partial charge in [0.1, 0.15) is 0 Å². The zero-order chi connectivity index (χ0) is 14.8. The number of anilines is 1. The van der Waals surface area contributed by atoms with Crippen molar-refractivity contribution in [3.05, 3.63) is 30.0 Å². The molecule has 1 saturated heterocycles. The van der Waals surface area contributed by atoms with E-state index in [1.54, 1.807) is 0 Å². The van der Waals surface area contributed by atoms with Gasteiger partial charge in [-0.2, -0.15) is 0 Å². The van der Waals surface area contributed by atoms with Gasteiger partial charge < -0.3 is 15.2 Å². The van der Waals surface area contributed by atoms with Crippen LogP contribution >= 0.6 is 12.4 Å². The molecule has 1 atom stereocenters. The van der Waals surface area contributed by atoms with Crippen molar-refractivity contribution in [2.45, 2.75) is 45.7 Å². The number of carbonyl (C=O) groups excluding carboxylic acids is 1. The van der Waals surface area contributed by atoms with Gasteiger partial charge in [-0.1, -0.05) is 6.42 Å². The molecule has 3 rings (SSSR count). The molecule has 2 heterocycles. The molecule has 2 aromatic rings. The largest absolute Gasteiger partial charge is 0.345 e. The number of nitrogens with one attached hydrogen (secondary N) is 2. The summed E-state index contributed by atoms with van der Waals surface area (Å²) in [5.74, 6) is 0.0840. The molecular formula is C17H24ClN3O. The molecule has 5 heteroatoms. The second-order valence-electron chi connectivity index (χ2n) is 5.80. The highest BCUT2D eigenvalue weighted by atomic mass is 35.5. The number of amides is 1. The van der Waals surface area contributed by atoms with Gasteiger partial charge in [0.2, 0.25) is 5.91 Å². The third kappa shape index (κ3) is 3.28. The van der Waals surface area contributed by atoms with E-state index in [-0.39, 0.29) is 24.4 Å². The number of aromatic nitrogens is 1. The Labute approximate surface area is 137 Å².